The van der Waals surface area contributed by atoms with Crippen LogP contribution in [0.15, 0.2) is 12.1 Å². The molecule has 2 N–H and O–H groups in total. The molecule has 1 aromatic heterocycles. The number of nitrogens with one attached hydrogen (secondary N) is 1. The van der Waals surface area contributed by atoms with Crippen LogP contribution in [0.5, 0.6) is 0 Å². The van der Waals surface area contributed by atoms with Gasteiger partial charge < -0.3 is 9.84 Å². The van der Waals surface area contributed by atoms with E-state index in [1.165, 1.54) is 4.68 Å². The summed E-state index contributed by atoms with van der Waals surface area (Å²) < 4.78 is 35.5. The number of nitrogens with zero attached hydrogens (tertiary/aromatic N) is 3. The van der Waals surface area contributed by atoms with Gasteiger partial charge in [0.25, 0.3) is 0 Å². The zero-order chi connectivity index (χ0) is 22.8. The van der Waals surface area contributed by atoms with Crippen LogP contribution in [0.4, 0.5) is 19.4 Å². The van der Waals surface area contributed by atoms with Gasteiger partial charge in [-0.05, 0) is 46.8 Å². The van der Waals surface area contributed by atoms with Crippen molar-refractivity contribution in [2.75, 3.05) is 5.32 Å². The van der Waals surface area contributed by atoms with Crippen LogP contribution in [0.3, 0.4) is 0 Å². The summed E-state index contributed by atoms with van der Waals surface area (Å²) in [7, 11) is 0. The van der Waals surface area contributed by atoms with Crippen molar-refractivity contribution in [1.82, 2.24) is 9.78 Å². The van der Waals surface area contributed by atoms with Gasteiger partial charge in [0.15, 0.2) is 5.82 Å². The van der Waals surface area contributed by atoms with E-state index in [1.54, 1.807) is 34.6 Å². The molecule has 10 heteroatoms. The van der Waals surface area contributed by atoms with E-state index in [0.717, 1.165) is 12.1 Å². The summed E-state index contributed by atoms with van der Waals surface area (Å²) >= 11 is 0. The molecule has 0 spiro atoms. The number of benzene rings is 1. The smallest absolute Gasteiger partial charge is 0.413 e. The van der Waals surface area contributed by atoms with Crippen LogP contribution >= 0.6 is 0 Å². The predicted molar refractivity (Wildman–Crippen MR) is 104 cm³/mol. The normalized spacial score (nSPS) is 11.3. The number of carbonyl (C=O) groups excluding carboxylic acids is 1. The number of aromatic nitrogens is 2. The Labute approximate surface area is 172 Å². The molecule has 1 heterocycles. The van der Waals surface area contributed by atoms with Crippen molar-refractivity contribution in [2.24, 2.45) is 0 Å². The van der Waals surface area contributed by atoms with E-state index in [0.29, 0.717) is 0 Å². The quantitative estimate of drug-likeness (QED) is 0.747. The van der Waals surface area contributed by atoms with Crippen LogP contribution in [0.2, 0.25) is 0 Å². The van der Waals surface area contributed by atoms with Gasteiger partial charge in [-0.15, -0.1) is 0 Å². The minimum absolute atomic E-state index is 0.0221. The van der Waals surface area contributed by atoms with Gasteiger partial charge in [-0.1, -0.05) is 0 Å². The molecule has 1 aromatic carbocycles. The standard InChI is InChI=1S/C20H22F2N4O4/c1-10(2)26-18(24-19(29)30-20(3,4)5)13(9-23)17(25-26)12-8-14(21)11(6-15(12)22)7-16(27)28/h6,8,10H,7H2,1-5H3,(H,24,29)(H,27,28). The number of hydrogen-bond donors (Lipinski definition) is 2. The van der Waals surface area contributed by atoms with Crippen molar-refractivity contribution in [3.63, 3.8) is 0 Å². The molecule has 0 fully saturated rings. The first-order valence-electron chi connectivity index (χ1n) is 9.06. The molecule has 0 bridgehead atoms. The van der Waals surface area contributed by atoms with Crippen molar-refractivity contribution < 1.29 is 28.2 Å². The molecule has 0 saturated heterocycles. The minimum atomic E-state index is -1.31. The van der Waals surface area contributed by atoms with Gasteiger partial charge in [-0.3, -0.25) is 10.1 Å². The summed E-state index contributed by atoms with van der Waals surface area (Å²) in [5, 5.41) is 25.1. The Bertz CT molecular complexity index is 1030. The molecule has 2 rings (SSSR count). The lowest BCUT2D eigenvalue weighted by atomic mass is 10.0. The van der Waals surface area contributed by atoms with E-state index < -0.39 is 35.7 Å². The molecule has 0 aliphatic rings. The maximum Gasteiger partial charge on any atom is 0.413 e. The van der Waals surface area contributed by atoms with Gasteiger partial charge >= 0.3 is 12.1 Å². The highest BCUT2D eigenvalue weighted by atomic mass is 19.1. The predicted octanol–water partition coefficient (Wildman–Crippen LogP) is 4.25. The second-order valence-corrected chi connectivity index (χ2v) is 7.84. The first-order chi connectivity index (χ1) is 13.8. The number of hydrogen-bond acceptors (Lipinski definition) is 5. The van der Waals surface area contributed by atoms with Gasteiger partial charge in [0.05, 0.1) is 6.42 Å². The number of aliphatic carboxylic acids is 1. The van der Waals surface area contributed by atoms with E-state index in [-0.39, 0.29) is 34.2 Å². The molecule has 2 aromatic rings. The van der Waals surface area contributed by atoms with Crippen molar-refractivity contribution in [3.8, 4) is 17.3 Å². The number of nitriles is 1. The molecule has 160 valence electrons. The number of amides is 1. The molecule has 0 saturated carbocycles. The number of halogens is 2. The van der Waals surface area contributed by atoms with Crippen LogP contribution in [0, 0.1) is 23.0 Å². The first-order valence-corrected chi connectivity index (χ1v) is 9.06. The maximum absolute atomic E-state index is 14.7. The van der Waals surface area contributed by atoms with Crippen LogP contribution in [0.1, 0.15) is 51.8 Å². The van der Waals surface area contributed by atoms with E-state index in [2.05, 4.69) is 10.4 Å². The van der Waals surface area contributed by atoms with Gasteiger partial charge in [-0.25, -0.2) is 18.3 Å². The van der Waals surface area contributed by atoms with Crippen LogP contribution in [0.25, 0.3) is 11.3 Å². The van der Waals surface area contributed by atoms with Crippen LogP contribution in [-0.4, -0.2) is 32.6 Å². The van der Waals surface area contributed by atoms with Crippen molar-refractivity contribution in [1.29, 1.82) is 5.26 Å². The largest absolute Gasteiger partial charge is 0.481 e. The zero-order valence-electron chi connectivity index (χ0n) is 17.2. The molecular weight excluding hydrogens is 398 g/mol. The Morgan fingerprint density at radius 2 is 1.93 bits per heavy atom. The first kappa shape index (κ1) is 22.8. The Hall–Kier alpha value is -3.48. The number of rotatable bonds is 5. The third kappa shape index (κ3) is 5.11. The lowest BCUT2D eigenvalue weighted by molar-refractivity contribution is -0.136. The Morgan fingerprint density at radius 3 is 2.43 bits per heavy atom. The fourth-order valence-electron chi connectivity index (χ4n) is 2.69. The highest BCUT2D eigenvalue weighted by Gasteiger charge is 2.27. The molecule has 0 aliphatic heterocycles. The van der Waals surface area contributed by atoms with E-state index in [9.17, 15) is 23.6 Å². The lowest BCUT2D eigenvalue weighted by Gasteiger charge is -2.20. The third-order valence-electron chi connectivity index (χ3n) is 3.86. The summed E-state index contributed by atoms with van der Waals surface area (Å²) in [6.45, 7) is 8.45. The second-order valence-electron chi connectivity index (χ2n) is 7.84. The van der Waals surface area contributed by atoms with E-state index >= 15 is 0 Å². The summed E-state index contributed by atoms with van der Waals surface area (Å²) in [6, 6.07) is 3.07. The molecule has 0 radical (unpaired) electrons. The Kier molecular flexibility index (Phi) is 6.45. The van der Waals surface area contributed by atoms with Crippen molar-refractivity contribution >= 4 is 17.9 Å². The van der Waals surface area contributed by atoms with Crippen LogP contribution < -0.4 is 5.32 Å². The van der Waals surface area contributed by atoms with Gasteiger partial charge in [0.1, 0.15) is 34.6 Å². The van der Waals surface area contributed by atoms with Crippen molar-refractivity contribution in [2.45, 2.75) is 52.7 Å². The fourth-order valence-corrected chi connectivity index (χ4v) is 2.69. The molecule has 1 amide bonds. The highest BCUT2D eigenvalue weighted by molar-refractivity contribution is 5.88. The monoisotopic (exact) mass is 420 g/mol. The Morgan fingerprint density at radius 1 is 1.30 bits per heavy atom. The number of ether oxygens (including phenoxy) is 1. The molecule has 0 atom stereocenters. The summed E-state index contributed by atoms with van der Waals surface area (Å²) in [5.41, 5.74) is -1.82. The lowest BCUT2D eigenvalue weighted by Crippen LogP contribution is -2.28. The number of carbonyl (C=O) groups is 2. The summed E-state index contributed by atoms with van der Waals surface area (Å²) in [4.78, 5) is 23.0. The highest BCUT2D eigenvalue weighted by Crippen LogP contribution is 2.33. The summed E-state index contributed by atoms with van der Waals surface area (Å²) in [6.07, 6.45) is -1.53. The number of carboxylic acids is 1. The number of carboxylic acid groups (broad SMARTS) is 1. The fraction of sp³-hybridized carbons (Fsp3) is 0.400. The van der Waals surface area contributed by atoms with Crippen molar-refractivity contribution in [3.05, 3.63) is 34.9 Å². The average molecular weight is 420 g/mol. The third-order valence-corrected chi connectivity index (χ3v) is 3.86. The zero-order valence-corrected chi connectivity index (χ0v) is 17.2. The molecule has 0 aliphatic carbocycles. The minimum Gasteiger partial charge on any atom is -0.481 e. The van der Waals surface area contributed by atoms with Crippen LogP contribution in [-0.2, 0) is 16.0 Å². The Balaban J connectivity index is 2.60. The average Bonchev–Trinajstić information content (AvgIpc) is 2.93. The molecule has 0 unspecified atom stereocenters. The summed E-state index contributed by atoms with van der Waals surface area (Å²) in [5.74, 6) is -3.22. The van der Waals surface area contributed by atoms with Gasteiger partial charge in [0.2, 0.25) is 0 Å². The van der Waals surface area contributed by atoms with Gasteiger partial charge in [-0.2, -0.15) is 10.4 Å². The number of anilines is 1. The van der Waals surface area contributed by atoms with Gasteiger partial charge in [0, 0.05) is 17.2 Å². The topological polar surface area (TPSA) is 117 Å². The second kappa shape index (κ2) is 8.49. The van der Waals surface area contributed by atoms with E-state index in [1.807, 2.05) is 6.07 Å². The molecular formula is C20H22F2N4O4. The maximum atomic E-state index is 14.7. The van der Waals surface area contributed by atoms with E-state index in [4.69, 9.17) is 9.84 Å². The molecule has 30 heavy (non-hydrogen) atoms. The molecule has 8 nitrogen and oxygen atoms in total. The SMILES string of the molecule is CC(C)n1nc(-c2cc(F)c(CC(=O)O)cc2F)c(C#N)c1NC(=O)OC(C)(C)C.